The second kappa shape index (κ2) is 5.71. The molecule has 0 saturated heterocycles. The van der Waals surface area contributed by atoms with E-state index in [2.05, 4.69) is 12.2 Å². The molecule has 2 rings (SSSR count). The third-order valence-electron chi connectivity index (χ3n) is 3.09. The molecule has 3 heteroatoms. The van der Waals surface area contributed by atoms with Gasteiger partial charge in [-0.15, -0.1) is 0 Å². The van der Waals surface area contributed by atoms with Crippen LogP contribution in [0.5, 0.6) is 5.75 Å². The van der Waals surface area contributed by atoms with Gasteiger partial charge in [-0.1, -0.05) is 13.3 Å². The van der Waals surface area contributed by atoms with Gasteiger partial charge in [-0.2, -0.15) is 0 Å². The number of hydrogen-bond acceptors (Lipinski definition) is 3. The highest BCUT2D eigenvalue weighted by Crippen LogP contribution is 2.28. The molecule has 0 heterocycles. The molecule has 1 fully saturated rings. The van der Waals surface area contributed by atoms with Gasteiger partial charge in [0.2, 0.25) is 0 Å². The van der Waals surface area contributed by atoms with Crippen LogP contribution in [0.15, 0.2) is 24.3 Å². The van der Waals surface area contributed by atoms with Gasteiger partial charge in [0, 0.05) is 12.2 Å². The van der Waals surface area contributed by atoms with Crippen molar-refractivity contribution in [2.75, 3.05) is 11.9 Å². The van der Waals surface area contributed by atoms with Crippen LogP contribution in [-0.4, -0.2) is 12.5 Å². The molecule has 0 atom stereocenters. The largest absolute Gasteiger partial charge is 0.426 e. The van der Waals surface area contributed by atoms with Crippen molar-refractivity contribution in [2.45, 2.75) is 32.6 Å². The Balaban J connectivity index is 1.86. The van der Waals surface area contributed by atoms with Gasteiger partial charge in [-0.3, -0.25) is 4.79 Å². The Hall–Kier alpha value is -1.51. The highest BCUT2D eigenvalue weighted by molar-refractivity contribution is 5.76. The minimum atomic E-state index is -0.0782. The van der Waals surface area contributed by atoms with E-state index in [1.165, 1.54) is 0 Å². The summed E-state index contributed by atoms with van der Waals surface area (Å²) in [6, 6.07) is 7.57. The van der Waals surface area contributed by atoms with E-state index in [9.17, 15) is 4.79 Å². The molecule has 0 bridgehead atoms. The third-order valence-corrected chi connectivity index (χ3v) is 3.09. The lowest BCUT2D eigenvalue weighted by molar-refractivity contribution is -0.141. The zero-order valence-electron chi connectivity index (χ0n) is 10.2. The molecule has 0 aliphatic heterocycles. The molecule has 0 radical (unpaired) electrons. The van der Waals surface area contributed by atoms with Gasteiger partial charge >= 0.3 is 5.97 Å². The molecule has 1 aliphatic carbocycles. The molecule has 1 aromatic rings. The number of carbonyl (C=O) groups is 1. The van der Waals surface area contributed by atoms with E-state index in [1.54, 1.807) is 0 Å². The Morgan fingerprint density at radius 3 is 2.59 bits per heavy atom. The Morgan fingerprint density at radius 1 is 1.35 bits per heavy atom. The standard InChI is InChI=1S/C14H19NO2/c1-2-10-15-12-6-8-13(9-7-12)17-14(16)11-4-3-5-11/h6-9,11,15H,2-5,10H2,1H3. The van der Waals surface area contributed by atoms with Crippen LogP contribution in [0.2, 0.25) is 0 Å². The van der Waals surface area contributed by atoms with Crippen LogP contribution in [0.3, 0.4) is 0 Å². The van der Waals surface area contributed by atoms with E-state index in [4.69, 9.17) is 4.74 Å². The topological polar surface area (TPSA) is 38.3 Å². The van der Waals surface area contributed by atoms with Crippen LogP contribution in [0.4, 0.5) is 5.69 Å². The van der Waals surface area contributed by atoms with Gasteiger partial charge in [0.1, 0.15) is 5.75 Å². The van der Waals surface area contributed by atoms with Crippen LogP contribution in [0.1, 0.15) is 32.6 Å². The second-order valence-electron chi connectivity index (χ2n) is 4.50. The molecule has 0 aromatic heterocycles. The number of nitrogens with one attached hydrogen (secondary N) is 1. The van der Waals surface area contributed by atoms with Gasteiger partial charge in [0.15, 0.2) is 0 Å². The summed E-state index contributed by atoms with van der Waals surface area (Å²) in [5.74, 6) is 0.697. The monoisotopic (exact) mass is 233 g/mol. The zero-order chi connectivity index (χ0) is 12.1. The van der Waals surface area contributed by atoms with Crippen LogP contribution in [-0.2, 0) is 4.79 Å². The maximum atomic E-state index is 11.6. The molecule has 0 amide bonds. The van der Waals surface area contributed by atoms with Crippen LogP contribution in [0.25, 0.3) is 0 Å². The molecule has 3 nitrogen and oxygen atoms in total. The SMILES string of the molecule is CCCNc1ccc(OC(=O)C2CCC2)cc1. The molecule has 1 aromatic carbocycles. The van der Waals surface area contributed by atoms with Crippen molar-refractivity contribution in [2.24, 2.45) is 5.92 Å². The number of ether oxygens (including phenoxy) is 1. The lowest BCUT2D eigenvalue weighted by Crippen LogP contribution is -2.26. The molecule has 1 N–H and O–H groups in total. The smallest absolute Gasteiger partial charge is 0.314 e. The van der Waals surface area contributed by atoms with E-state index in [0.717, 1.165) is 37.9 Å². The minimum Gasteiger partial charge on any atom is -0.426 e. The van der Waals surface area contributed by atoms with Gasteiger partial charge in [0.25, 0.3) is 0 Å². The van der Waals surface area contributed by atoms with Crippen molar-refractivity contribution < 1.29 is 9.53 Å². The van der Waals surface area contributed by atoms with Gasteiger partial charge in [-0.25, -0.2) is 0 Å². The minimum absolute atomic E-state index is 0.0782. The van der Waals surface area contributed by atoms with Crippen LogP contribution < -0.4 is 10.1 Å². The number of benzene rings is 1. The quantitative estimate of drug-likeness (QED) is 0.627. The first-order valence-corrected chi connectivity index (χ1v) is 6.35. The molecular formula is C14H19NO2. The average Bonchev–Trinajstić information content (AvgIpc) is 2.26. The van der Waals surface area contributed by atoms with Crippen molar-refractivity contribution in [1.29, 1.82) is 0 Å². The van der Waals surface area contributed by atoms with E-state index in [-0.39, 0.29) is 11.9 Å². The number of rotatable bonds is 5. The number of anilines is 1. The van der Waals surface area contributed by atoms with Crippen LogP contribution in [0, 0.1) is 5.92 Å². The molecular weight excluding hydrogens is 214 g/mol. The first-order valence-electron chi connectivity index (χ1n) is 6.35. The molecule has 1 aliphatic rings. The third kappa shape index (κ3) is 3.22. The summed E-state index contributed by atoms with van der Waals surface area (Å²) in [6.45, 7) is 3.09. The maximum absolute atomic E-state index is 11.6. The number of carbonyl (C=O) groups excluding carboxylic acids is 1. The number of esters is 1. The predicted octanol–water partition coefficient (Wildman–Crippen LogP) is 3.21. The summed E-state index contributed by atoms with van der Waals surface area (Å²) < 4.78 is 5.31. The first-order chi connectivity index (χ1) is 8.29. The molecule has 92 valence electrons. The fourth-order valence-corrected chi connectivity index (χ4v) is 1.75. The Bertz CT molecular complexity index is 368. The second-order valence-corrected chi connectivity index (χ2v) is 4.50. The molecule has 0 spiro atoms. The van der Waals surface area contributed by atoms with Crippen molar-refractivity contribution in [3.63, 3.8) is 0 Å². The van der Waals surface area contributed by atoms with Gasteiger partial charge in [-0.05, 0) is 43.5 Å². The fourth-order valence-electron chi connectivity index (χ4n) is 1.75. The summed E-state index contributed by atoms with van der Waals surface area (Å²) in [7, 11) is 0. The van der Waals surface area contributed by atoms with Crippen molar-refractivity contribution >= 4 is 11.7 Å². The van der Waals surface area contributed by atoms with Gasteiger partial charge in [0.05, 0.1) is 5.92 Å². The lowest BCUT2D eigenvalue weighted by Gasteiger charge is -2.22. The summed E-state index contributed by atoms with van der Waals surface area (Å²) in [4.78, 5) is 11.6. The fraction of sp³-hybridized carbons (Fsp3) is 0.500. The van der Waals surface area contributed by atoms with E-state index < -0.39 is 0 Å². The predicted molar refractivity (Wildman–Crippen MR) is 68.2 cm³/mol. The Labute approximate surface area is 102 Å². The number of hydrogen-bond donors (Lipinski definition) is 1. The Morgan fingerprint density at radius 2 is 2.06 bits per heavy atom. The summed E-state index contributed by atoms with van der Waals surface area (Å²) in [5, 5.41) is 3.28. The highest BCUT2D eigenvalue weighted by Gasteiger charge is 2.26. The summed E-state index contributed by atoms with van der Waals surface area (Å²) in [6.07, 6.45) is 4.21. The normalized spacial score (nSPS) is 15.1. The van der Waals surface area contributed by atoms with Crippen molar-refractivity contribution in [3.8, 4) is 5.75 Å². The zero-order valence-corrected chi connectivity index (χ0v) is 10.2. The average molecular weight is 233 g/mol. The van der Waals surface area contributed by atoms with Crippen LogP contribution >= 0.6 is 0 Å². The van der Waals surface area contributed by atoms with E-state index in [0.29, 0.717) is 5.75 Å². The molecule has 0 unspecified atom stereocenters. The van der Waals surface area contributed by atoms with Gasteiger partial charge < -0.3 is 10.1 Å². The first kappa shape index (κ1) is 12.0. The van der Waals surface area contributed by atoms with E-state index in [1.807, 2.05) is 24.3 Å². The van der Waals surface area contributed by atoms with Crippen molar-refractivity contribution in [1.82, 2.24) is 0 Å². The van der Waals surface area contributed by atoms with Crippen molar-refractivity contribution in [3.05, 3.63) is 24.3 Å². The highest BCUT2D eigenvalue weighted by atomic mass is 16.5. The van der Waals surface area contributed by atoms with E-state index >= 15 is 0 Å². The lowest BCUT2D eigenvalue weighted by atomic mass is 9.86. The summed E-state index contributed by atoms with van der Waals surface area (Å²) >= 11 is 0. The molecule has 1 saturated carbocycles. The Kier molecular flexibility index (Phi) is 4.02. The maximum Gasteiger partial charge on any atom is 0.314 e. The molecule has 17 heavy (non-hydrogen) atoms. The summed E-state index contributed by atoms with van der Waals surface area (Å²) in [5.41, 5.74) is 1.07.